The van der Waals surface area contributed by atoms with Crippen LogP contribution in [0.15, 0.2) is 59.6 Å². The lowest BCUT2D eigenvalue weighted by atomic mass is 10.0. The van der Waals surface area contributed by atoms with E-state index in [0.29, 0.717) is 15.8 Å². The molecule has 0 radical (unpaired) electrons. The van der Waals surface area contributed by atoms with Crippen molar-refractivity contribution >= 4 is 40.3 Å². The number of aryl methyl sites for hydroxylation is 1. The average Bonchev–Trinajstić information content (AvgIpc) is 3.43. The van der Waals surface area contributed by atoms with Gasteiger partial charge in [-0.15, -0.1) is 0 Å². The lowest BCUT2D eigenvalue weighted by Gasteiger charge is -2.14. The third kappa shape index (κ3) is 6.94. The first-order valence-electron chi connectivity index (χ1n) is 13.6. The second-order valence-electron chi connectivity index (χ2n) is 9.96. The molecule has 1 fully saturated rings. The lowest BCUT2D eigenvalue weighted by Crippen LogP contribution is -2.29. The zero-order chi connectivity index (χ0) is 27.1. The Labute approximate surface area is 236 Å². The summed E-state index contributed by atoms with van der Waals surface area (Å²) in [5.41, 5.74) is 4.67. The molecule has 5 nitrogen and oxygen atoms in total. The van der Waals surface area contributed by atoms with Gasteiger partial charge in [-0.05, 0) is 69.2 Å². The van der Waals surface area contributed by atoms with E-state index in [1.807, 2.05) is 80.2 Å². The molecule has 7 heteroatoms. The van der Waals surface area contributed by atoms with Crippen LogP contribution >= 0.6 is 24.0 Å². The second-order valence-corrected chi connectivity index (χ2v) is 11.6. The van der Waals surface area contributed by atoms with E-state index in [0.717, 1.165) is 46.7 Å². The fraction of sp³-hybridized carbons (Fsp3) is 0.387. The summed E-state index contributed by atoms with van der Waals surface area (Å²) >= 11 is 6.98. The Morgan fingerprint density at radius 1 is 1.05 bits per heavy atom. The molecule has 0 aliphatic carbocycles. The van der Waals surface area contributed by atoms with Gasteiger partial charge in [0, 0.05) is 23.9 Å². The summed E-state index contributed by atoms with van der Waals surface area (Å²) < 4.78 is 8.44. The summed E-state index contributed by atoms with van der Waals surface area (Å²) in [4.78, 5) is 15.7. The van der Waals surface area contributed by atoms with E-state index in [2.05, 4.69) is 13.0 Å². The van der Waals surface area contributed by atoms with Gasteiger partial charge < -0.3 is 4.74 Å². The fourth-order valence-electron chi connectivity index (χ4n) is 4.50. The predicted molar refractivity (Wildman–Crippen MR) is 163 cm³/mol. The molecule has 0 spiro atoms. The van der Waals surface area contributed by atoms with Gasteiger partial charge in [-0.3, -0.25) is 9.69 Å². The van der Waals surface area contributed by atoms with Crippen LogP contribution in [0.1, 0.15) is 70.4 Å². The van der Waals surface area contributed by atoms with Crippen LogP contribution in [0.4, 0.5) is 0 Å². The first-order chi connectivity index (χ1) is 18.4. The zero-order valence-electron chi connectivity index (χ0n) is 22.8. The molecule has 0 unspecified atom stereocenters. The quantitative estimate of drug-likeness (QED) is 0.130. The van der Waals surface area contributed by atoms with Gasteiger partial charge >= 0.3 is 0 Å². The van der Waals surface area contributed by atoms with Crippen molar-refractivity contribution in [2.75, 3.05) is 6.54 Å². The minimum Gasteiger partial charge on any atom is -0.491 e. The molecule has 0 saturated carbocycles. The number of thiocarbonyl (C=S) groups is 1. The van der Waals surface area contributed by atoms with Crippen molar-refractivity contribution in [1.82, 2.24) is 14.7 Å². The maximum absolute atomic E-state index is 13.3. The Bertz CT molecular complexity index is 1300. The number of hydrogen-bond donors (Lipinski definition) is 0. The lowest BCUT2D eigenvalue weighted by molar-refractivity contribution is -0.122. The van der Waals surface area contributed by atoms with Crippen molar-refractivity contribution in [3.8, 4) is 22.7 Å². The molecular formula is C31H37N3O2S2. The van der Waals surface area contributed by atoms with Crippen molar-refractivity contribution in [2.45, 2.75) is 72.3 Å². The number of nitrogens with zero attached hydrogens (tertiary/aromatic N) is 3. The van der Waals surface area contributed by atoms with Gasteiger partial charge in [-0.2, -0.15) is 5.10 Å². The molecule has 200 valence electrons. The number of carbonyl (C=O) groups excluding carboxylic acids is 1. The summed E-state index contributed by atoms with van der Waals surface area (Å²) in [5, 5.41) is 4.94. The molecule has 1 amide bonds. The van der Waals surface area contributed by atoms with Crippen LogP contribution in [0.25, 0.3) is 23.0 Å². The number of hydrogen-bond acceptors (Lipinski definition) is 5. The summed E-state index contributed by atoms with van der Waals surface area (Å²) in [5.74, 6) is 0.854. The Hall–Kier alpha value is -2.90. The molecule has 0 bridgehead atoms. The highest BCUT2D eigenvalue weighted by Gasteiger charge is 2.32. The molecule has 3 aromatic rings. The van der Waals surface area contributed by atoms with Gasteiger partial charge in [0.05, 0.1) is 16.7 Å². The number of rotatable bonds is 12. The number of unbranched alkanes of at least 4 members (excludes halogenated alkanes) is 5. The van der Waals surface area contributed by atoms with Crippen LogP contribution in [-0.4, -0.2) is 37.6 Å². The highest BCUT2D eigenvalue weighted by molar-refractivity contribution is 8.26. The fourth-order valence-corrected chi connectivity index (χ4v) is 5.80. The van der Waals surface area contributed by atoms with Gasteiger partial charge in [0.2, 0.25) is 0 Å². The van der Waals surface area contributed by atoms with E-state index >= 15 is 0 Å². The van der Waals surface area contributed by atoms with Gasteiger partial charge in [-0.25, -0.2) is 4.68 Å². The summed E-state index contributed by atoms with van der Waals surface area (Å²) in [6.45, 7) is 8.99. The number of aromatic nitrogens is 2. The molecule has 1 saturated heterocycles. The van der Waals surface area contributed by atoms with Crippen LogP contribution in [0, 0.1) is 6.92 Å². The molecule has 1 aromatic heterocycles. The van der Waals surface area contributed by atoms with Crippen LogP contribution < -0.4 is 4.74 Å². The number of para-hydroxylation sites is 1. The normalized spacial score (nSPS) is 14.8. The van der Waals surface area contributed by atoms with Crippen LogP contribution in [0.5, 0.6) is 5.75 Å². The minimum atomic E-state index is -0.0103. The van der Waals surface area contributed by atoms with Crippen molar-refractivity contribution in [1.29, 1.82) is 0 Å². The smallest absolute Gasteiger partial charge is 0.266 e. The Kier molecular flexibility index (Phi) is 9.80. The molecule has 2 aromatic carbocycles. The van der Waals surface area contributed by atoms with Crippen LogP contribution in [0.3, 0.4) is 0 Å². The second kappa shape index (κ2) is 13.3. The topological polar surface area (TPSA) is 47.4 Å². The van der Waals surface area contributed by atoms with Crippen molar-refractivity contribution in [3.63, 3.8) is 0 Å². The van der Waals surface area contributed by atoms with E-state index in [4.69, 9.17) is 22.1 Å². The predicted octanol–water partition coefficient (Wildman–Crippen LogP) is 8.20. The first-order valence-corrected chi connectivity index (χ1v) is 14.8. The number of thioether (sulfide) groups is 1. The summed E-state index contributed by atoms with van der Waals surface area (Å²) in [7, 11) is 0. The monoisotopic (exact) mass is 547 g/mol. The van der Waals surface area contributed by atoms with E-state index in [1.54, 1.807) is 4.90 Å². The Morgan fingerprint density at radius 3 is 2.50 bits per heavy atom. The highest BCUT2D eigenvalue weighted by atomic mass is 32.2. The first kappa shape index (κ1) is 28.1. The van der Waals surface area contributed by atoms with Crippen LogP contribution in [0.2, 0.25) is 0 Å². The number of ether oxygens (including phenoxy) is 1. The van der Waals surface area contributed by atoms with Crippen molar-refractivity contribution in [3.05, 3.63) is 70.8 Å². The minimum absolute atomic E-state index is 0.0103. The van der Waals surface area contributed by atoms with E-state index in [9.17, 15) is 4.79 Å². The Morgan fingerprint density at radius 2 is 1.79 bits per heavy atom. The molecule has 1 aliphatic heterocycles. The number of carbonyl (C=O) groups is 1. The largest absolute Gasteiger partial charge is 0.491 e. The van der Waals surface area contributed by atoms with Gasteiger partial charge in [-0.1, -0.05) is 81.2 Å². The molecule has 1 aliphatic rings. The maximum Gasteiger partial charge on any atom is 0.266 e. The molecule has 38 heavy (non-hydrogen) atoms. The van der Waals surface area contributed by atoms with Gasteiger partial charge in [0.25, 0.3) is 5.91 Å². The average molecular weight is 548 g/mol. The van der Waals surface area contributed by atoms with Gasteiger partial charge in [0.1, 0.15) is 15.8 Å². The van der Waals surface area contributed by atoms with E-state index in [1.165, 1.54) is 37.4 Å². The van der Waals surface area contributed by atoms with Crippen molar-refractivity contribution in [2.24, 2.45) is 0 Å². The van der Waals surface area contributed by atoms with Crippen LogP contribution in [-0.2, 0) is 4.79 Å². The number of benzene rings is 2. The molecule has 4 rings (SSSR count). The highest BCUT2D eigenvalue weighted by Crippen LogP contribution is 2.36. The molecule has 0 N–H and O–H groups in total. The summed E-state index contributed by atoms with van der Waals surface area (Å²) in [6.07, 6.45) is 11.1. The third-order valence-electron chi connectivity index (χ3n) is 6.47. The zero-order valence-corrected chi connectivity index (χ0v) is 24.4. The number of amides is 1. The molecular weight excluding hydrogens is 510 g/mol. The summed E-state index contributed by atoms with van der Waals surface area (Å²) in [6, 6.07) is 16.1. The van der Waals surface area contributed by atoms with E-state index in [-0.39, 0.29) is 12.0 Å². The Balaban J connectivity index is 1.61. The maximum atomic E-state index is 13.3. The van der Waals surface area contributed by atoms with Crippen molar-refractivity contribution < 1.29 is 9.53 Å². The standard InChI is InChI=1S/C31H37N3O2S2/c1-5-6-7-8-9-13-18-33-30(35)28(38-31(33)37)20-25-21-34(26-14-11-10-12-15-26)32-29(25)24-16-17-27(23(4)19-24)36-22(2)3/h10-12,14-17,19-22H,5-9,13,18H2,1-4H3. The molecule has 0 atom stereocenters. The third-order valence-corrected chi connectivity index (χ3v) is 7.85. The SMILES string of the molecule is CCCCCCCCN1C(=O)C(=Cc2cn(-c3ccccc3)nc2-c2ccc(OC(C)C)c(C)c2)SC1=S. The van der Waals surface area contributed by atoms with Gasteiger partial charge in [0.15, 0.2) is 0 Å². The molecule has 2 heterocycles. The van der Waals surface area contributed by atoms with E-state index < -0.39 is 0 Å².